The second-order valence-electron chi connectivity index (χ2n) is 5.22. The van der Waals surface area contributed by atoms with Crippen molar-refractivity contribution in [2.45, 2.75) is 51.6 Å². The van der Waals surface area contributed by atoms with E-state index in [0.717, 1.165) is 5.92 Å². The zero-order valence-corrected chi connectivity index (χ0v) is 10.7. The molecule has 3 atom stereocenters. The predicted molar refractivity (Wildman–Crippen MR) is 69.4 cm³/mol. The molecule has 1 saturated carbocycles. The van der Waals surface area contributed by atoms with E-state index in [2.05, 4.69) is 19.2 Å². The molecule has 0 aliphatic heterocycles. The van der Waals surface area contributed by atoms with Crippen LogP contribution < -0.4 is 5.32 Å². The smallest absolute Gasteiger partial charge is 0.123 e. The number of rotatable bonds is 4. The van der Waals surface area contributed by atoms with Crippen LogP contribution in [0, 0.1) is 11.7 Å². The first kappa shape index (κ1) is 12.6. The standard InChI is InChI=1S/C15H22FN/c1-3-12-4-9-15(10-12)17-11(2)13-5-7-14(16)8-6-13/h5-8,11-12,15,17H,3-4,9-10H2,1-2H3. The van der Waals surface area contributed by atoms with Crippen LogP contribution in [0.1, 0.15) is 51.1 Å². The Balaban J connectivity index is 1.89. The van der Waals surface area contributed by atoms with Gasteiger partial charge in [-0.05, 0) is 49.8 Å². The van der Waals surface area contributed by atoms with Gasteiger partial charge in [0.1, 0.15) is 5.82 Å². The Hall–Kier alpha value is -0.890. The average Bonchev–Trinajstić information content (AvgIpc) is 2.77. The molecule has 0 radical (unpaired) electrons. The fourth-order valence-electron chi connectivity index (χ4n) is 2.80. The zero-order valence-electron chi connectivity index (χ0n) is 10.7. The quantitative estimate of drug-likeness (QED) is 0.830. The van der Waals surface area contributed by atoms with Gasteiger partial charge in [0.15, 0.2) is 0 Å². The highest BCUT2D eigenvalue weighted by molar-refractivity contribution is 5.19. The molecule has 0 saturated heterocycles. The van der Waals surface area contributed by atoms with Crippen molar-refractivity contribution < 1.29 is 4.39 Å². The van der Waals surface area contributed by atoms with Crippen LogP contribution in [0.15, 0.2) is 24.3 Å². The van der Waals surface area contributed by atoms with Gasteiger partial charge in [-0.25, -0.2) is 4.39 Å². The summed E-state index contributed by atoms with van der Waals surface area (Å²) in [6.45, 7) is 4.43. The van der Waals surface area contributed by atoms with Gasteiger partial charge in [0.05, 0.1) is 0 Å². The van der Waals surface area contributed by atoms with Gasteiger partial charge >= 0.3 is 0 Å². The molecule has 2 heteroatoms. The first-order chi connectivity index (χ1) is 8.19. The summed E-state index contributed by atoms with van der Waals surface area (Å²) >= 11 is 0. The summed E-state index contributed by atoms with van der Waals surface area (Å²) in [5, 5.41) is 3.66. The van der Waals surface area contributed by atoms with Crippen molar-refractivity contribution in [3.63, 3.8) is 0 Å². The van der Waals surface area contributed by atoms with Gasteiger partial charge in [0.2, 0.25) is 0 Å². The average molecular weight is 235 g/mol. The lowest BCUT2D eigenvalue weighted by molar-refractivity contribution is 0.437. The Kier molecular flexibility index (Phi) is 4.16. The van der Waals surface area contributed by atoms with Crippen LogP contribution in [0.5, 0.6) is 0 Å². The molecule has 1 aliphatic carbocycles. The van der Waals surface area contributed by atoms with Crippen molar-refractivity contribution in [1.29, 1.82) is 0 Å². The number of nitrogens with one attached hydrogen (secondary N) is 1. The van der Waals surface area contributed by atoms with E-state index in [0.29, 0.717) is 12.1 Å². The van der Waals surface area contributed by atoms with E-state index >= 15 is 0 Å². The Morgan fingerprint density at radius 1 is 1.29 bits per heavy atom. The molecule has 1 aromatic rings. The highest BCUT2D eigenvalue weighted by Crippen LogP contribution is 2.29. The van der Waals surface area contributed by atoms with Crippen molar-refractivity contribution >= 4 is 0 Å². The second kappa shape index (κ2) is 5.63. The van der Waals surface area contributed by atoms with E-state index in [1.165, 1.54) is 43.4 Å². The maximum Gasteiger partial charge on any atom is 0.123 e. The third kappa shape index (κ3) is 3.29. The molecule has 0 bridgehead atoms. The van der Waals surface area contributed by atoms with Crippen LogP contribution in [0.3, 0.4) is 0 Å². The normalized spacial score (nSPS) is 26.1. The molecule has 2 rings (SSSR count). The Morgan fingerprint density at radius 2 is 2.00 bits per heavy atom. The van der Waals surface area contributed by atoms with Gasteiger partial charge in [0.25, 0.3) is 0 Å². The van der Waals surface area contributed by atoms with Gasteiger partial charge in [-0.15, -0.1) is 0 Å². The van der Waals surface area contributed by atoms with Crippen molar-refractivity contribution in [1.82, 2.24) is 5.32 Å². The van der Waals surface area contributed by atoms with Crippen LogP contribution in [-0.2, 0) is 0 Å². The lowest BCUT2D eigenvalue weighted by atomic mass is 10.0. The summed E-state index contributed by atoms with van der Waals surface area (Å²) in [7, 11) is 0. The monoisotopic (exact) mass is 235 g/mol. The molecule has 0 amide bonds. The summed E-state index contributed by atoms with van der Waals surface area (Å²) in [6.07, 6.45) is 5.22. The van der Waals surface area contributed by atoms with Crippen molar-refractivity contribution in [3.05, 3.63) is 35.6 Å². The third-order valence-corrected chi connectivity index (χ3v) is 3.97. The highest BCUT2D eigenvalue weighted by atomic mass is 19.1. The lowest BCUT2D eigenvalue weighted by Gasteiger charge is -2.20. The number of hydrogen-bond acceptors (Lipinski definition) is 1. The predicted octanol–water partition coefficient (Wildman–Crippen LogP) is 4.06. The van der Waals surface area contributed by atoms with Crippen LogP contribution in [0.25, 0.3) is 0 Å². The third-order valence-electron chi connectivity index (χ3n) is 3.97. The number of benzene rings is 1. The first-order valence-corrected chi connectivity index (χ1v) is 6.70. The van der Waals surface area contributed by atoms with E-state index < -0.39 is 0 Å². The molecule has 0 aromatic heterocycles. The van der Waals surface area contributed by atoms with E-state index in [-0.39, 0.29) is 5.82 Å². The molecular formula is C15H22FN. The van der Waals surface area contributed by atoms with Gasteiger partial charge in [-0.3, -0.25) is 0 Å². The topological polar surface area (TPSA) is 12.0 Å². The van der Waals surface area contributed by atoms with Gasteiger partial charge in [-0.1, -0.05) is 25.5 Å². The van der Waals surface area contributed by atoms with Crippen LogP contribution >= 0.6 is 0 Å². The molecule has 1 aromatic carbocycles. The lowest BCUT2D eigenvalue weighted by Crippen LogP contribution is -2.29. The van der Waals surface area contributed by atoms with Crippen LogP contribution in [0.4, 0.5) is 4.39 Å². The van der Waals surface area contributed by atoms with E-state index in [1.807, 2.05) is 12.1 Å². The highest BCUT2D eigenvalue weighted by Gasteiger charge is 2.24. The van der Waals surface area contributed by atoms with Crippen molar-refractivity contribution in [2.24, 2.45) is 5.92 Å². The number of halogens is 1. The minimum atomic E-state index is -0.159. The van der Waals surface area contributed by atoms with E-state index in [9.17, 15) is 4.39 Å². The molecule has 1 nitrogen and oxygen atoms in total. The first-order valence-electron chi connectivity index (χ1n) is 6.70. The molecule has 0 spiro atoms. The van der Waals surface area contributed by atoms with Crippen LogP contribution in [0.2, 0.25) is 0 Å². The summed E-state index contributed by atoms with van der Waals surface area (Å²) < 4.78 is 12.8. The van der Waals surface area contributed by atoms with Crippen LogP contribution in [-0.4, -0.2) is 6.04 Å². The largest absolute Gasteiger partial charge is 0.307 e. The minimum absolute atomic E-state index is 0.159. The Bertz CT molecular complexity index is 346. The fourth-order valence-corrected chi connectivity index (χ4v) is 2.80. The molecule has 94 valence electrons. The summed E-state index contributed by atoms with van der Waals surface area (Å²) in [6, 6.07) is 7.78. The molecule has 1 aliphatic rings. The summed E-state index contributed by atoms with van der Waals surface area (Å²) in [5.41, 5.74) is 1.17. The summed E-state index contributed by atoms with van der Waals surface area (Å²) in [4.78, 5) is 0. The Morgan fingerprint density at radius 3 is 2.59 bits per heavy atom. The van der Waals surface area contributed by atoms with Gasteiger partial charge in [-0.2, -0.15) is 0 Å². The van der Waals surface area contributed by atoms with Gasteiger partial charge in [0, 0.05) is 12.1 Å². The summed E-state index contributed by atoms with van der Waals surface area (Å²) in [5.74, 6) is 0.737. The fraction of sp³-hybridized carbons (Fsp3) is 0.600. The van der Waals surface area contributed by atoms with E-state index in [1.54, 1.807) is 0 Å². The molecular weight excluding hydrogens is 213 g/mol. The Labute approximate surface area is 103 Å². The van der Waals surface area contributed by atoms with Gasteiger partial charge < -0.3 is 5.32 Å². The maximum atomic E-state index is 12.8. The molecule has 1 fully saturated rings. The molecule has 17 heavy (non-hydrogen) atoms. The van der Waals surface area contributed by atoms with Crippen molar-refractivity contribution in [2.75, 3.05) is 0 Å². The second-order valence-corrected chi connectivity index (χ2v) is 5.22. The maximum absolute atomic E-state index is 12.8. The zero-order chi connectivity index (χ0) is 12.3. The van der Waals surface area contributed by atoms with Crippen molar-refractivity contribution in [3.8, 4) is 0 Å². The van der Waals surface area contributed by atoms with E-state index in [4.69, 9.17) is 0 Å². The minimum Gasteiger partial charge on any atom is -0.307 e. The molecule has 0 heterocycles. The molecule has 3 unspecified atom stereocenters. The molecule has 1 N–H and O–H groups in total. The SMILES string of the molecule is CCC1CCC(NC(C)c2ccc(F)cc2)C1. The number of hydrogen-bond donors (Lipinski definition) is 1.